The highest BCUT2D eigenvalue weighted by atomic mass is 28.4. The molecule has 1 aromatic rings. The molecule has 34 heavy (non-hydrogen) atoms. The Labute approximate surface area is 203 Å². The maximum absolute atomic E-state index is 14.1. The lowest BCUT2D eigenvalue weighted by Gasteiger charge is -2.44. The van der Waals surface area contributed by atoms with Crippen LogP contribution in [0.3, 0.4) is 0 Å². The lowest BCUT2D eigenvalue weighted by atomic mass is 9.63. The van der Waals surface area contributed by atoms with Gasteiger partial charge in [0.15, 0.2) is 0 Å². The van der Waals surface area contributed by atoms with Crippen molar-refractivity contribution in [3.63, 3.8) is 0 Å². The topological polar surface area (TPSA) is 88.9 Å². The molecule has 1 aromatic carbocycles. The Balaban J connectivity index is 2.15. The molecule has 184 valence electrons. The number of methoxy groups -OCH3 is 1. The number of hydrogen-bond donors (Lipinski definition) is 0. The fourth-order valence-corrected chi connectivity index (χ4v) is 5.53. The number of anilines is 1. The number of para-hydroxylation sites is 1. The Morgan fingerprint density at radius 1 is 1.18 bits per heavy atom. The molecule has 2 amide bonds. The lowest BCUT2D eigenvalue weighted by Crippen LogP contribution is -2.57. The van der Waals surface area contributed by atoms with Crippen molar-refractivity contribution in [2.24, 2.45) is 5.92 Å². The van der Waals surface area contributed by atoms with Crippen LogP contribution in [-0.4, -0.2) is 39.1 Å². The van der Waals surface area contributed by atoms with Crippen molar-refractivity contribution in [1.29, 1.82) is 5.26 Å². The van der Waals surface area contributed by atoms with Gasteiger partial charge < -0.3 is 13.9 Å². The summed E-state index contributed by atoms with van der Waals surface area (Å²) in [7, 11) is -0.665. The van der Waals surface area contributed by atoms with Crippen LogP contribution in [0.4, 0.5) is 10.5 Å². The van der Waals surface area contributed by atoms with E-state index in [1.807, 2.05) is 6.08 Å². The highest BCUT2D eigenvalue weighted by Gasteiger charge is 2.64. The molecule has 0 radical (unpaired) electrons. The van der Waals surface area contributed by atoms with Crippen molar-refractivity contribution in [3.05, 3.63) is 41.7 Å². The van der Waals surface area contributed by atoms with Crippen molar-refractivity contribution >= 4 is 26.0 Å². The normalized spacial score (nSPS) is 25.0. The number of carbonyl (C=O) groups is 2. The molecule has 1 aliphatic heterocycles. The number of imide groups is 1. The zero-order valence-corrected chi connectivity index (χ0v) is 22.7. The third-order valence-electron chi connectivity index (χ3n) is 7.07. The van der Waals surface area contributed by atoms with E-state index in [2.05, 4.69) is 39.9 Å². The second-order valence-corrected chi connectivity index (χ2v) is 16.3. The highest BCUT2D eigenvalue weighted by molar-refractivity contribution is 6.74. The largest absolute Gasteiger partial charge is 0.547 e. The molecule has 3 rings (SSSR count). The minimum Gasteiger partial charge on any atom is -0.547 e. The average molecular weight is 485 g/mol. The molecule has 8 heteroatoms. The van der Waals surface area contributed by atoms with Gasteiger partial charge in [0, 0.05) is 13.5 Å². The molecule has 1 unspecified atom stereocenters. The van der Waals surface area contributed by atoms with Crippen LogP contribution in [0.2, 0.25) is 18.1 Å². The molecule has 2 aliphatic rings. The van der Waals surface area contributed by atoms with Crippen LogP contribution >= 0.6 is 0 Å². The average Bonchev–Trinajstić information content (AvgIpc) is 2.96. The highest BCUT2D eigenvalue weighted by Crippen LogP contribution is 2.54. The number of fused-ring (bicyclic) bond motifs is 2. The summed E-state index contributed by atoms with van der Waals surface area (Å²) in [5.74, 6) is -0.635. The summed E-state index contributed by atoms with van der Waals surface area (Å²) in [6.45, 7) is 16.0. The van der Waals surface area contributed by atoms with Gasteiger partial charge in [-0.15, -0.1) is 0 Å². The summed E-state index contributed by atoms with van der Waals surface area (Å²) in [5.41, 5.74) is -1.15. The third kappa shape index (κ3) is 4.16. The van der Waals surface area contributed by atoms with Crippen molar-refractivity contribution in [1.82, 2.24) is 0 Å². The van der Waals surface area contributed by atoms with E-state index in [1.54, 1.807) is 45.0 Å². The van der Waals surface area contributed by atoms with Gasteiger partial charge in [-0.25, -0.2) is 9.69 Å². The smallest absolute Gasteiger partial charge is 0.421 e. The quantitative estimate of drug-likeness (QED) is 0.514. The second kappa shape index (κ2) is 8.54. The van der Waals surface area contributed by atoms with E-state index in [0.717, 1.165) is 4.90 Å². The minimum atomic E-state index is -2.18. The number of amides is 2. The molecule has 0 saturated heterocycles. The van der Waals surface area contributed by atoms with E-state index >= 15 is 0 Å². The van der Waals surface area contributed by atoms with Crippen LogP contribution < -0.4 is 4.90 Å². The summed E-state index contributed by atoms with van der Waals surface area (Å²) < 4.78 is 17.9. The molecule has 0 saturated carbocycles. The van der Waals surface area contributed by atoms with Crippen LogP contribution in [0, 0.1) is 17.2 Å². The molecule has 7 nitrogen and oxygen atoms in total. The predicted molar refractivity (Wildman–Crippen MR) is 133 cm³/mol. The molecule has 0 aromatic heterocycles. The van der Waals surface area contributed by atoms with Gasteiger partial charge in [-0.2, -0.15) is 5.26 Å². The first kappa shape index (κ1) is 26.0. The van der Waals surface area contributed by atoms with Crippen LogP contribution in [0.1, 0.15) is 53.5 Å². The van der Waals surface area contributed by atoms with Crippen LogP contribution in [0.25, 0.3) is 0 Å². The Morgan fingerprint density at radius 3 is 2.32 bits per heavy atom. The van der Waals surface area contributed by atoms with Gasteiger partial charge in [0.1, 0.15) is 11.0 Å². The van der Waals surface area contributed by atoms with Crippen molar-refractivity contribution in [2.75, 3.05) is 12.0 Å². The fraction of sp³-hybridized carbons (Fsp3) is 0.577. The molecule has 1 spiro atoms. The first-order valence-corrected chi connectivity index (χ1v) is 14.5. The minimum absolute atomic E-state index is 0.0308. The Morgan fingerprint density at radius 2 is 1.79 bits per heavy atom. The van der Waals surface area contributed by atoms with E-state index in [1.165, 1.54) is 7.11 Å². The van der Waals surface area contributed by atoms with Gasteiger partial charge in [0.25, 0.3) is 5.91 Å². The molecule has 0 N–H and O–H groups in total. The van der Waals surface area contributed by atoms with Crippen LogP contribution in [0.15, 0.2) is 36.1 Å². The van der Waals surface area contributed by atoms with Gasteiger partial charge in [-0.05, 0) is 56.6 Å². The van der Waals surface area contributed by atoms with E-state index in [-0.39, 0.29) is 11.5 Å². The fourth-order valence-electron chi connectivity index (χ4n) is 4.42. The van der Waals surface area contributed by atoms with Gasteiger partial charge in [0.05, 0.1) is 29.5 Å². The van der Waals surface area contributed by atoms with Gasteiger partial charge >= 0.3 is 6.09 Å². The van der Waals surface area contributed by atoms with Gasteiger partial charge in [-0.1, -0.05) is 39.0 Å². The molecule has 3 atom stereocenters. The summed E-state index contributed by atoms with van der Waals surface area (Å²) in [5, 5.41) is 10.3. The second-order valence-electron chi connectivity index (χ2n) is 11.5. The van der Waals surface area contributed by atoms with Crippen LogP contribution in [0.5, 0.6) is 0 Å². The zero-order valence-electron chi connectivity index (χ0n) is 21.7. The Kier molecular flexibility index (Phi) is 6.53. The van der Waals surface area contributed by atoms with Crippen LogP contribution in [-0.2, 0) is 24.1 Å². The summed E-state index contributed by atoms with van der Waals surface area (Å²) in [4.78, 5) is 28.3. The number of allylic oxidation sites excluding steroid dienone is 1. The predicted octanol–water partition coefficient (Wildman–Crippen LogP) is 5.67. The third-order valence-corrected chi connectivity index (χ3v) is 11.5. The monoisotopic (exact) mass is 484 g/mol. The number of nitriles is 1. The summed E-state index contributed by atoms with van der Waals surface area (Å²) >= 11 is 0. The summed E-state index contributed by atoms with van der Waals surface area (Å²) in [6.07, 6.45) is 0.527. The van der Waals surface area contributed by atoms with Crippen molar-refractivity contribution in [3.8, 4) is 6.07 Å². The van der Waals surface area contributed by atoms with Gasteiger partial charge in [0.2, 0.25) is 8.32 Å². The number of ether oxygens (including phenoxy) is 2. The zero-order chi connectivity index (χ0) is 25.7. The van der Waals surface area contributed by atoms with E-state index in [9.17, 15) is 14.9 Å². The molecule has 0 fully saturated rings. The van der Waals surface area contributed by atoms with E-state index < -0.39 is 43.4 Å². The molecule has 1 heterocycles. The van der Waals surface area contributed by atoms with Crippen molar-refractivity contribution < 1.29 is 23.5 Å². The number of nitrogens with zero attached hydrogens (tertiary/aromatic N) is 2. The Hall–Kier alpha value is -2.63. The first-order chi connectivity index (χ1) is 15.6. The number of benzene rings is 1. The first-order valence-electron chi connectivity index (χ1n) is 11.6. The lowest BCUT2D eigenvalue weighted by molar-refractivity contribution is -0.129. The number of rotatable bonds is 3. The van der Waals surface area contributed by atoms with E-state index in [0.29, 0.717) is 17.0 Å². The summed E-state index contributed by atoms with van der Waals surface area (Å²) in [6, 6.07) is 9.41. The maximum atomic E-state index is 14.1. The molecule has 0 bridgehead atoms. The van der Waals surface area contributed by atoms with E-state index in [4.69, 9.17) is 13.9 Å². The van der Waals surface area contributed by atoms with Crippen molar-refractivity contribution in [2.45, 2.75) is 83.2 Å². The molecule has 1 aliphatic carbocycles. The standard InChI is InChI=1S/C26H36N2O5Si/c1-24(2,3)32-23(30)28-20-13-11-10-12-19(20)26(22(28)29)17(16-27)14-18(15-21(26)31-7)33-34(8,9)25(4,5)6/h10-13,15,17,21H,14H2,1-9H3/t17?,21-,26+/m0/s1. The number of carbonyl (C=O) groups excluding carboxylic acids is 2. The molecular formula is C26H36N2O5Si. The Bertz CT molecular complexity index is 1060. The molecular weight excluding hydrogens is 448 g/mol. The maximum Gasteiger partial charge on any atom is 0.421 e. The SMILES string of the molecule is CO[C@H]1C=C(O[Si](C)(C)C(C)(C)C)CC(C#N)[C@]12C(=O)N(C(=O)OC(C)(C)C)c1ccccc12. The number of hydrogen-bond acceptors (Lipinski definition) is 6. The van der Waals surface area contributed by atoms with Gasteiger partial charge in [-0.3, -0.25) is 4.79 Å².